The molecule has 0 amide bonds. The fourth-order valence-electron chi connectivity index (χ4n) is 5.12. The largest absolute Gasteiger partial charge is 0.355 e. The van der Waals surface area contributed by atoms with Gasteiger partial charge in [-0.05, 0) is 44.1 Å². The van der Waals surface area contributed by atoms with Crippen LogP contribution in [-0.4, -0.2) is 56.5 Å². The SMILES string of the molecule is CCCCCCCCCCCCCCCOCOC1CCC(CCCSC(=O)CCCC)[SiH2]N(O)CC1. The van der Waals surface area contributed by atoms with Gasteiger partial charge in [-0.25, -0.2) is 4.73 Å². The molecule has 5 nitrogen and oxygen atoms in total. The van der Waals surface area contributed by atoms with Crippen molar-refractivity contribution < 1.29 is 19.5 Å². The lowest BCUT2D eigenvalue weighted by molar-refractivity contribution is -0.111. The van der Waals surface area contributed by atoms with Gasteiger partial charge in [0.25, 0.3) is 0 Å². The Balaban J connectivity index is 1.97. The minimum Gasteiger partial charge on any atom is -0.355 e. The van der Waals surface area contributed by atoms with E-state index in [-0.39, 0.29) is 6.10 Å². The Bertz CT molecular complexity index is 514. The third kappa shape index (κ3) is 22.6. The average Bonchev–Trinajstić information content (AvgIpc) is 2.89. The fourth-order valence-corrected chi connectivity index (χ4v) is 7.80. The predicted octanol–water partition coefficient (Wildman–Crippen LogP) is 8.41. The second-order valence-corrected chi connectivity index (χ2v) is 14.6. The summed E-state index contributed by atoms with van der Waals surface area (Å²) in [6.07, 6.45) is 26.0. The molecule has 220 valence electrons. The Morgan fingerprint density at radius 1 is 0.838 bits per heavy atom. The highest BCUT2D eigenvalue weighted by atomic mass is 32.2. The second kappa shape index (κ2) is 26.3. The number of thioether (sulfide) groups is 1. The molecule has 1 aliphatic rings. The molecule has 0 saturated carbocycles. The number of carbonyl (C=O) groups excluding carboxylic acids is 1. The summed E-state index contributed by atoms with van der Waals surface area (Å²) in [6.45, 7) is 6.30. The van der Waals surface area contributed by atoms with Crippen LogP contribution in [0.2, 0.25) is 5.54 Å². The van der Waals surface area contributed by atoms with E-state index in [0.29, 0.717) is 23.9 Å². The van der Waals surface area contributed by atoms with Crippen LogP contribution >= 0.6 is 11.8 Å². The van der Waals surface area contributed by atoms with Crippen LogP contribution in [0.1, 0.15) is 149 Å². The van der Waals surface area contributed by atoms with E-state index in [9.17, 15) is 10.0 Å². The first-order valence-corrected chi connectivity index (χ1v) is 18.4. The maximum absolute atomic E-state index is 11.8. The molecule has 0 aliphatic carbocycles. The van der Waals surface area contributed by atoms with Gasteiger partial charge < -0.3 is 14.7 Å². The number of rotatable bonds is 24. The van der Waals surface area contributed by atoms with Gasteiger partial charge in [-0.2, -0.15) is 0 Å². The van der Waals surface area contributed by atoms with Gasteiger partial charge in [-0.15, -0.1) is 0 Å². The molecule has 7 heteroatoms. The van der Waals surface area contributed by atoms with E-state index in [1.54, 1.807) is 4.73 Å². The quantitative estimate of drug-likeness (QED) is 0.0727. The standard InChI is InChI=1S/C30H61NO4SSi/c1-3-5-7-8-9-10-11-12-13-14-15-16-17-25-34-27-35-28-21-22-29(37-31(33)24-23-28)19-18-26-36-30(32)20-6-4-2/h28-29,33H,3-27,37H2,1-2H3. The second-order valence-electron chi connectivity index (χ2n) is 11.2. The summed E-state index contributed by atoms with van der Waals surface area (Å²) in [6, 6.07) is 0. The molecular formula is C30H61NO4SSi. The first kappa shape index (κ1) is 35.1. The monoisotopic (exact) mass is 559 g/mol. The maximum Gasteiger partial charge on any atom is 0.188 e. The van der Waals surface area contributed by atoms with Crippen LogP contribution in [0.15, 0.2) is 0 Å². The van der Waals surface area contributed by atoms with Crippen LogP contribution in [0, 0.1) is 0 Å². The summed E-state index contributed by atoms with van der Waals surface area (Å²) in [5, 5.41) is 10.6. The number of ether oxygens (including phenoxy) is 2. The van der Waals surface area contributed by atoms with Crippen LogP contribution < -0.4 is 0 Å². The molecule has 1 aliphatic heterocycles. The van der Waals surface area contributed by atoms with E-state index in [4.69, 9.17) is 9.47 Å². The maximum atomic E-state index is 11.8. The Morgan fingerprint density at radius 3 is 2.11 bits per heavy atom. The number of hydrogen-bond acceptors (Lipinski definition) is 6. The molecule has 2 atom stereocenters. The smallest absolute Gasteiger partial charge is 0.188 e. The zero-order chi connectivity index (χ0) is 26.8. The van der Waals surface area contributed by atoms with Gasteiger partial charge in [0.15, 0.2) is 5.12 Å². The zero-order valence-corrected chi connectivity index (χ0v) is 26.8. The summed E-state index contributed by atoms with van der Waals surface area (Å²) >= 11 is 1.50. The van der Waals surface area contributed by atoms with Gasteiger partial charge in [0.1, 0.15) is 16.5 Å². The molecule has 1 rings (SSSR count). The molecule has 2 unspecified atom stereocenters. The minimum absolute atomic E-state index is 0.183. The molecule has 0 aromatic rings. The number of nitrogens with zero attached hydrogens (tertiary/aromatic N) is 1. The van der Waals surface area contributed by atoms with Crippen molar-refractivity contribution in [1.29, 1.82) is 0 Å². The van der Waals surface area contributed by atoms with Gasteiger partial charge >= 0.3 is 0 Å². The minimum atomic E-state index is -0.634. The van der Waals surface area contributed by atoms with Crippen LogP contribution in [0.3, 0.4) is 0 Å². The first-order valence-electron chi connectivity index (χ1n) is 15.9. The third-order valence-electron chi connectivity index (χ3n) is 7.61. The number of unbranched alkanes of at least 4 members (excludes halogenated alkanes) is 13. The number of hydroxylamine groups is 1. The lowest BCUT2D eigenvalue weighted by atomic mass is 10.0. The first-order chi connectivity index (χ1) is 18.2. The Kier molecular flexibility index (Phi) is 25.0. The van der Waals surface area contributed by atoms with Gasteiger partial charge in [0, 0.05) is 25.3 Å². The van der Waals surface area contributed by atoms with Crippen LogP contribution in [-0.2, 0) is 14.3 Å². The Labute approximate surface area is 236 Å². The van der Waals surface area contributed by atoms with Crippen LogP contribution in [0.25, 0.3) is 0 Å². The van der Waals surface area contributed by atoms with Crippen LogP contribution in [0.5, 0.6) is 0 Å². The van der Waals surface area contributed by atoms with Crippen molar-refractivity contribution >= 4 is 26.6 Å². The van der Waals surface area contributed by atoms with E-state index >= 15 is 0 Å². The number of hydrogen-bond donors (Lipinski definition) is 1. The molecule has 0 spiro atoms. The van der Waals surface area contributed by atoms with Gasteiger partial charge in [0.05, 0.1) is 6.10 Å². The van der Waals surface area contributed by atoms with Crippen LogP contribution in [0.4, 0.5) is 0 Å². The van der Waals surface area contributed by atoms with Gasteiger partial charge in [-0.3, -0.25) is 4.79 Å². The van der Waals surface area contributed by atoms with Crippen molar-refractivity contribution in [2.45, 2.75) is 160 Å². The van der Waals surface area contributed by atoms with E-state index in [0.717, 1.165) is 70.3 Å². The summed E-state index contributed by atoms with van der Waals surface area (Å²) in [4.78, 5) is 11.8. The van der Waals surface area contributed by atoms with E-state index in [2.05, 4.69) is 13.8 Å². The van der Waals surface area contributed by atoms with E-state index in [1.165, 1.54) is 88.8 Å². The molecular weight excluding hydrogens is 498 g/mol. The topological polar surface area (TPSA) is 59.0 Å². The fraction of sp³-hybridized carbons (Fsp3) is 0.967. The van der Waals surface area contributed by atoms with Crippen molar-refractivity contribution in [3.8, 4) is 0 Å². The van der Waals surface area contributed by atoms with E-state index in [1.807, 2.05) is 0 Å². The summed E-state index contributed by atoms with van der Waals surface area (Å²) in [5.74, 6) is 0.922. The molecule has 1 heterocycles. The molecule has 0 aromatic heterocycles. The highest BCUT2D eigenvalue weighted by Crippen LogP contribution is 2.26. The zero-order valence-electron chi connectivity index (χ0n) is 24.6. The van der Waals surface area contributed by atoms with Crippen molar-refractivity contribution in [2.75, 3.05) is 25.7 Å². The molecule has 1 fully saturated rings. The lowest BCUT2D eigenvalue weighted by Gasteiger charge is -2.29. The predicted molar refractivity (Wildman–Crippen MR) is 162 cm³/mol. The highest BCUT2D eigenvalue weighted by Gasteiger charge is 2.22. The Morgan fingerprint density at radius 2 is 1.46 bits per heavy atom. The van der Waals surface area contributed by atoms with Crippen molar-refractivity contribution in [2.24, 2.45) is 0 Å². The molecule has 0 bridgehead atoms. The number of carbonyl (C=O) groups is 1. The summed E-state index contributed by atoms with van der Waals surface area (Å²) in [5.41, 5.74) is 0.606. The molecule has 1 saturated heterocycles. The van der Waals surface area contributed by atoms with Gasteiger partial charge in [-0.1, -0.05) is 116 Å². The Hall–Kier alpha value is 0.0769. The van der Waals surface area contributed by atoms with Gasteiger partial charge in [0.2, 0.25) is 0 Å². The lowest BCUT2D eigenvalue weighted by Crippen LogP contribution is -2.34. The molecule has 0 radical (unpaired) electrons. The van der Waals surface area contributed by atoms with Crippen molar-refractivity contribution in [3.63, 3.8) is 0 Å². The average molecular weight is 560 g/mol. The summed E-state index contributed by atoms with van der Waals surface area (Å²) < 4.78 is 13.4. The molecule has 0 aromatic carbocycles. The van der Waals surface area contributed by atoms with Crippen molar-refractivity contribution in [1.82, 2.24) is 4.73 Å². The van der Waals surface area contributed by atoms with Crippen molar-refractivity contribution in [3.05, 3.63) is 0 Å². The molecule has 1 N–H and O–H groups in total. The summed E-state index contributed by atoms with van der Waals surface area (Å²) in [7, 11) is -0.634. The third-order valence-corrected chi connectivity index (χ3v) is 10.7. The highest BCUT2D eigenvalue weighted by molar-refractivity contribution is 8.13. The molecule has 37 heavy (non-hydrogen) atoms. The van der Waals surface area contributed by atoms with E-state index < -0.39 is 9.68 Å². The normalized spacial score (nSPS) is 19.8.